The smallest absolute Gasteiger partial charge is 0.326 e. The Balaban J connectivity index is 2.75. The second-order valence-corrected chi connectivity index (χ2v) is 7.80. The van der Waals surface area contributed by atoms with Crippen LogP contribution < -0.4 is 5.32 Å². The lowest BCUT2D eigenvalue weighted by atomic mass is 10.2. The number of carboxylic acid groups (broad SMARTS) is 1. The van der Waals surface area contributed by atoms with E-state index in [9.17, 15) is 18.0 Å². The number of hydrogen-bond acceptors (Lipinski definition) is 5. The summed E-state index contributed by atoms with van der Waals surface area (Å²) in [6.07, 6.45) is 4.12. The van der Waals surface area contributed by atoms with Crippen LogP contribution in [0.1, 0.15) is 33.1 Å². The summed E-state index contributed by atoms with van der Waals surface area (Å²) < 4.78 is 30.0. The predicted molar refractivity (Wildman–Crippen MR) is 81.2 cm³/mol. The van der Waals surface area contributed by atoms with Gasteiger partial charge >= 0.3 is 5.97 Å². The van der Waals surface area contributed by atoms with E-state index < -0.39 is 38.3 Å². The first-order valence-electron chi connectivity index (χ1n) is 7.25. The topological polar surface area (TPSA) is 110 Å². The second-order valence-electron chi connectivity index (χ2n) is 5.25. The molecular formula is C14H23NO6S. The highest BCUT2D eigenvalue weighted by Gasteiger charge is 2.37. The van der Waals surface area contributed by atoms with Crippen LogP contribution >= 0.6 is 0 Å². The molecule has 0 aromatic carbocycles. The lowest BCUT2D eigenvalue weighted by Gasteiger charge is -2.25. The minimum absolute atomic E-state index is 0.113. The molecule has 2 unspecified atom stereocenters. The van der Waals surface area contributed by atoms with Gasteiger partial charge in [-0.3, -0.25) is 4.79 Å². The first-order valence-corrected chi connectivity index (χ1v) is 8.86. The van der Waals surface area contributed by atoms with E-state index in [0.717, 1.165) is 0 Å². The fraction of sp³-hybridized carbons (Fsp3) is 0.714. The number of allylic oxidation sites excluding steroid dienone is 1. The van der Waals surface area contributed by atoms with Gasteiger partial charge in [-0.25, -0.2) is 13.2 Å². The Morgan fingerprint density at radius 1 is 1.36 bits per heavy atom. The van der Waals surface area contributed by atoms with Crippen LogP contribution in [0.4, 0.5) is 0 Å². The third-order valence-corrected chi connectivity index (χ3v) is 6.32. The van der Waals surface area contributed by atoms with Crippen LogP contribution in [0.3, 0.4) is 0 Å². The number of aliphatic carboxylic acids is 1. The summed E-state index contributed by atoms with van der Waals surface area (Å²) in [4.78, 5) is 23.2. The Morgan fingerprint density at radius 3 is 2.45 bits per heavy atom. The molecule has 0 spiro atoms. The van der Waals surface area contributed by atoms with Crippen molar-refractivity contribution in [1.29, 1.82) is 0 Å². The first-order chi connectivity index (χ1) is 10.3. The molecule has 1 amide bonds. The zero-order valence-corrected chi connectivity index (χ0v) is 13.6. The van der Waals surface area contributed by atoms with Crippen molar-refractivity contribution in [1.82, 2.24) is 5.32 Å². The zero-order chi connectivity index (χ0) is 16.8. The Morgan fingerprint density at radius 2 is 1.95 bits per heavy atom. The number of sulfone groups is 1. The molecular weight excluding hydrogens is 310 g/mol. The van der Waals surface area contributed by atoms with Crippen molar-refractivity contribution in [2.45, 2.75) is 49.7 Å². The molecule has 7 nitrogen and oxygen atoms in total. The van der Waals surface area contributed by atoms with Gasteiger partial charge in [-0.15, -0.1) is 0 Å². The molecule has 1 heterocycles. The van der Waals surface area contributed by atoms with Gasteiger partial charge in [-0.1, -0.05) is 12.2 Å². The van der Waals surface area contributed by atoms with Gasteiger partial charge in [0, 0.05) is 13.2 Å². The molecule has 1 saturated heterocycles. The van der Waals surface area contributed by atoms with Crippen molar-refractivity contribution in [3.8, 4) is 0 Å². The molecule has 0 aromatic rings. The maximum absolute atomic E-state index is 12.4. The van der Waals surface area contributed by atoms with E-state index in [4.69, 9.17) is 9.84 Å². The van der Waals surface area contributed by atoms with Crippen molar-refractivity contribution in [2.24, 2.45) is 0 Å². The van der Waals surface area contributed by atoms with Gasteiger partial charge in [-0.05, 0) is 33.1 Å². The number of amides is 1. The van der Waals surface area contributed by atoms with E-state index in [0.29, 0.717) is 26.1 Å². The average molecular weight is 333 g/mol. The van der Waals surface area contributed by atoms with Crippen molar-refractivity contribution in [3.05, 3.63) is 12.2 Å². The van der Waals surface area contributed by atoms with Gasteiger partial charge in [-0.2, -0.15) is 0 Å². The van der Waals surface area contributed by atoms with Gasteiger partial charge in [0.05, 0.1) is 5.25 Å². The van der Waals surface area contributed by atoms with Crippen molar-refractivity contribution >= 4 is 21.7 Å². The number of ether oxygens (including phenoxy) is 1. The van der Waals surface area contributed by atoms with Crippen LogP contribution in [-0.4, -0.2) is 55.2 Å². The third-order valence-electron chi connectivity index (χ3n) is 3.72. The summed E-state index contributed by atoms with van der Waals surface area (Å²) in [7, 11) is -3.66. The largest absolute Gasteiger partial charge is 0.480 e. The molecule has 0 radical (unpaired) electrons. The van der Waals surface area contributed by atoms with Crippen molar-refractivity contribution in [3.63, 3.8) is 0 Å². The fourth-order valence-corrected chi connectivity index (χ4v) is 4.02. The Kier molecular flexibility index (Phi) is 7.02. The number of hydrogen-bond donors (Lipinski definition) is 2. The molecule has 1 fully saturated rings. The molecule has 0 aliphatic carbocycles. The normalized spacial score (nSPS) is 19.7. The van der Waals surface area contributed by atoms with Gasteiger partial charge < -0.3 is 15.2 Å². The maximum Gasteiger partial charge on any atom is 0.326 e. The van der Waals surface area contributed by atoms with Gasteiger partial charge in [0.2, 0.25) is 5.91 Å². The summed E-state index contributed by atoms with van der Waals surface area (Å²) in [5, 5.41) is 9.48. The molecule has 0 saturated carbocycles. The minimum atomic E-state index is -3.66. The first kappa shape index (κ1) is 18.6. The van der Waals surface area contributed by atoms with Crippen LogP contribution in [-0.2, 0) is 24.2 Å². The number of carboxylic acids is 1. The van der Waals surface area contributed by atoms with Crippen LogP contribution in [0.2, 0.25) is 0 Å². The molecule has 1 rings (SSSR count). The Labute approximate surface area is 130 Å². The molecule has 2 N–H and O–H groups in total. The predicted octanol–water partition coefficient (Wildman–Crippen LogP) is 0.504. The number of carbonyl (C=O) groups is 2. The summed E-state index contributed by atoms with van der Waals surface area (Å²) in [5.74, 6) is -1.97. The summed E-state index contributed by atoms with van der Waals surface area (Å²) in [6.45, 7) is 3.75. The Hall–Kier alpha value is -1.41. The highest BCUT2D eigenvalue weighted by molar-refractivity contribution is 7.93. The minimum Gasteiger partial charge on any atom is -0.480 e. The van der Waals surface area contributed by atoms with Gasteiger partial charge in [0.15, 0.2) is 9.84 Å². The molecule has 8 heteroatoms. The highest BCUT2D eigenvalue weighted by Crippen LogP contribution is 2.20. The standard InChI is InChI=1S/C14H23NO6S/c1-3-4-5-12(14(17)18)15-13(16)10(2)22(19,20)11-6-8-21-9-7-11/h3-4,10-12H,5-9H2,1-2H3,(H,15,16)(H,17,18)/b4-3+. The van der Waals surface area contributed by atoms with Crippen LogP contribution in [0.25, 0.3) is 0 Å². The zero-order valence-electron chi connectivity index (χ0n) is 12.8. The monoisotopic (exact) mass is 333 g/mol. The molecule has 1 aliphatic rings. The quantitative estimate of drug-likeness (QED) is 0.657. The summed E-state index contributed by atoms with van der Waals surface area (Å²) in [5.41, 5.74) is 0. The van der Waals surface area contributed by atoms with E-state index in [-0.39, 0.29) is 6.42 Å². The summed E-state index contributed by atoms with van der Waals surface area (Å²) in [6, 6.07) is -1.13. The van der Waals surface area contributed by atoms with E-state index in [2.05, 4.69) is 5.32 Å². The number of nitrogens with one attached hydrogen (secondary N) is 1. The third kappa shape index (κ3) is 4.81. The molecule has 22 heavy (non-hydrogen) atoms. The molecule has 0 aromatic heterocycles. The lowest BCUT2D eigenvalue weighted by Crippen LogP contribution is -2.49. The van der Waals surface area contributed by atoms with E-state index in [1.165, 1.54) is 6.92 Å². The summed E-state index contributed by atoms with van der Waals surface area (Å²) >= 11 is 0. The number of rotatable bonds is 7. The maximum atomic E-state index is 12.4. The van der Waals surface area contributed by atoms with Crippen molar-refractivity contribution < 1.29 is 27.9 Å². The number of carbonyl (C=O) groups excluding carboxylic acids is 1. The van der Waals surface area contributed by atoms with Crippen LogP contribution in [0.5, 0.6) is 0 Å². The Bertz CT molecular complexity index is 521. The fourth-order valence-electron chi connectivity index (χ4n) is 2.23. The molecule has 0 bridgehead atoms. The molecule has 126 valence electrons. The van der Waals surface area contributed by atoms with Gasteiger partial charge in [0.1, 0.15) is 11.3 Å². The highest BCUT2D eigenvalue weighted by atomic mass is 32.2. The van der Waals surface area contributed by atoms with E-state index >= 15 is 0 Å². The van der Waals surface area contributed by atoms with Crippen molar-refractivity contribution in [2.75, 3.05) is 13.2 Å². The molecule has 1 aliphatic heterocycles. The van der Waals surface area contributed by atoms with Crippen LogP contribution in [0, 0.1) is 0 Å². The van der Waals surface area contributed by atoms with Crippen LogP contribution in [0.15, 0.2) is 12.2 Å². The van der Waals surface area contributed by atoms with Gasteiger partial charge in [0.25, 0.3) is 0 Å². The SMILES string of the molecule is C/C=C/CC(NC(=O)C(C)S(=O)(=O)C1CCOCC1)C(=O)O. The van der Waals surface area contributed by atoms with E-state index in [1.54, 1.807) is 19.1 Å². The average Bonchev–Trinajstić information content (AvgIpc) is 2.50. The second kappa shape index (κ2) is 8.28. The molecule has 2 atom stereocenters. The lowest BCUT2D eigenvalue weighted by molar-refractivity contribution is -0.141. The van der Waals surface area contributed by atoms with E-state index in [1.807, 2.05) is 0 Å².